The summed E-state index contributed by atoms with van der Waals surface area (Å²) in [6.07, 6.45) is 3.48. The molecule has 272 valence electrons. The summed E-state index contributed by atoms with van der Waals surface area (Å²) >= 11 is 0. The van der Waals surface area contributed by atoms with E-state index < -0.39 is 0 Å². The van der Waals surface area contributed by atoms with Crippen molar-refractivity contribution in [1.82, 2.24) is 4.57 Å². The van der Waals surface area contributed by atoms with Gasteiger partial charge >= 0.3 is 0 Å². The Morgan fingerprint density at radius 2 is 1.18 bits per heavy atom. The van der Waals surface area contributed by atoms with Gasteiger partial charge in [0, 0.05) is 50.6 Å². The molecule has 12 rings (SSSR count). The maximum Gasteiger partial charge on any atom is 0.136 e. The molecule has 0 N–H and O–H groups in total. The van der Waals surface area contributed by atoms with Crippen LogP contribution in [0.1, 0.15) is 42.2 Å². The standard InChI is InChI=1S/C54H40N2O/c1-2-13-35(14-3-1)36-15-10-17-40(31-36)55-48-23-7-4-19-43(48)46-33-37(27-29-50(46)55)38-28-30-51-47(34-38)44-20-5-8-24-49(44)56(51)41-18-11-16-39(32-41)42-22-12-26-53-54(42)45-21-6-9-25-52(45)57-53/h1-26,28,30-32,34,37,46,50H,27,29,33H2. The molecule has 10 aromatic rings. The van der Waals surface area contributed by atoms with Crippen LogP contribution in [0.15, 0.2) is 192 Å². The highest BCUT2D eigenvalue weighted by Gasteiger charge is 2.43. The fraction of sp³-hybridized carbons (Fsp3) is 0.111. The minimum absolute atomic E-state index is 0.452. The van der Waals surface area contributed by atoms with E-state index in [0.29, 0.717) is 17.9 Å². The maximum atomic E-state index is 6.27. The first-order valence-electron chi connectivity index (χ1n) is 20.3. The van der Waals surface area contributed by atoms with E-state index >= 15 is 0 Å². The number of rotatable bonds is 5. The van der Waals surface area contributed by atoms with Crippen molar-refractivity contribution < 1.29 is 4.42 Å². The van der Waals surface area contributed by atoms with Crippen molar-refractivity contribution >= 4 is 55.1 Å². The Kier molecular flexibility index (Phi) is 7.31. The Hall–Kier alpha value is -6.84. The van der Waals surface area contributed by atoms with Crippen LogP contribution in [0.4, 0.5) is 11.4 Å². The van der Waals surface area contributed by atoms with Crippen LogP contribution < -0.4 is 4.90 Å². The summed E-state index contributed by atoms with van der Waals surface area (Å²) in [6, 6.07) is 69.6. The summed E-state index contributed by atoms with van der Waals surface area (Å²) in [5, 5.41) is 4.94. The number of para-hydroxylation sites is 3. The fourth-order valence-electron chi connectivity index (χ4n) is 10.4. The first kappa shape index (κ1) is 32.4. The molecule has 2 aliphatic rings. The van der Waals surface area contributed by atoms with Gasteiger partial charge in [0.15, 0.2) is 0 Å². The SMILES string of the molecule is c1ccc(-c2cccc(N3c4ccccc4C4CC(c5ccc6c(c5)c5ccccc5n6-c5cccc(-c6cccc7oc8ccccc8c67)c5)CCC43)c2)cc1. The molecule has 1 fully saturated rings. The van der Waals surface area contributed by atoms with Gasteiger partial charge in [-0.05, 0) is 119 Å². The number of benzene rings is 8. The molecule has 2 aromatic heterocycles. The quantitative estimate of drug-likeness (QED) is 0.176. The normalized spacial score (nSPS) is 17.8. The summed E-state index contributed by atoms with van der Waals surface area (Å²) in [7, 11) is 0. The molecule has 0 spiro atoms. The Morgan fingerprint density at radius 1 is 0.474 bits per heavy atom. The third-order valence-electron chi connectivity index (χ3n) is 13.0. The minimum Gasteiger partial charge on any atom is -0.456 e. The third kappa shape index (κ3) is 5.12. The van der Waals surface area contributed by atoms with Crippen LogP contribution in [-0.2, 0) is 0 Å². The molecular formula is C54H40N2O. The molecular weight excluding hydrogens is 693 g/mol. The predicted octanol–water partition coefficient (Wildman–Crippen LogP) is 14.6. The summed E-state index contributed by atoms with van der Waals surface area (Å²) in [6.45, 7) is 0. The molecule has 57 heavy (non-hydrogen) atoms. The van der Waals surface area contributed by atoms with Crippen molar-refractivity contribution in [3.63, 3.8) is 0 Å². The van der Waals surface area contributed by atoms with Gasteiger partial charge in [-0.1, -0.05) is 127 Å². The molecule has 0 saturated heterocycles. The Morgan fingerprint density at radius 3 is 2.11 bits per heavy atom. The maximum absolute atomic E-state index is 6.27. The van der Waals surface area contributed by atoms with Gasteiger partial charge in [0.1, 0.15) is 11.2 Å². The second kappa shape index (κ2) is 12.9. The lowest BCUT2D eigenvalue weighted by Crippen LogP contribution is -2.34. The van der Waals surface area contributed by atoms with E-state index in [1.807, 2.05) is 6.07 Å². The van der Waals surface area contributed by atoms with Gasteiger partial charge in [-0.2, -0.15) is 0 Å². The summed E-state index contributed by atoms with van der Waals surface area (Å²) in [5.74, 6) is 0.979. The van der Waals surface area contributed by atoms with E-state index in [1.165, 1.54) is 78.4 Å². The van der Waals surface area contributed by atoms with Crippen LogP contribution in [0.2, 0.25) is 0 Å². The predicted molar refractivity (Wildman–Crippen MR) is 237 cm³/mol. The van der Waals surface area contributed by atoms with Gasteiger partial charge in [0.05, 0.1) is 11.0 Å². The lowest BCUT2D eigenvalue weighted by molar-refractivity contribution is 0.361. The van der Waals surface area contributed by atoms with Crippen molar-refractivity contribution in [2.45, 2.75) is 37.1 Å². The summed E-state index contributed by atoms with van der Waals surface area (Å²) < 4.78 is 8.73. The van der Waals surface area contributed by atoms with Crippen molar-refractivity contribution in [3.8, 4) is 27.9 Å². The van der Waals surface area contributed by atoms with Crippen LogP contribution in [0.5, 0.6) is 0 Å². The number of anilines is 2. The summed E-state index contributed by atoms with van der Waals surface area (Å²) in [5.41, 5.74) is 16.0. The van der Waals surface area contributed by atoms with Crippen molar-refractivity contribution in [2.24, 2.45) is 0 Å². The molecule has 1 aliphatic carbocycles. The van der Waals surface area contributed by atoms with Crippen molar-refractivity contribution in [1.29, 1.82) is 0 Å². The van der Waals surface area contributed by atoms with Crippen molar-refractivity contribution in [2.75, 3.05) is 4.90 Å². The van der Waals surface area contributed by atoms with E-state index in [0.717, 1.165) is 35.1 Å². The highest BCUT2D eigenvalue weighted by molar-refractivity contribution is 6.13. The zero-order chi connectivity index (χ0) is 37.5. The topological polar surface area (TPSA) is 21.3 Å². The average molecular weight is 733 g/mol. The van der Waals surface area contributed by atoms with Gasteiger partial charge in [-0.25, -0.2) is 0 Å². The smallest absolute Gasteiger partial charge is 0.136 e. The van der Waals surface area contributed by atoms with Gasteiger partial charge in [0.25, 0.3) is 0 Å². The molecule has 3 atom stereocenters. The molecule has 0 amide bonds. The number of hydrogen-bond donors (Lipinski definition) is 0. The molecule has 3 heterocycles. The highest BCUT2D eigenvalue weighted by Crippen LogP contribution is 2.54. The number of nitrogens with zero attached hydrogens (tertiary/aromatic N) is 2. The highest BCUT2D eigenvalue weighted by atomic mass is 16.3. The van der Waals surface area contributed by atoms with E-state index in [-0.39, 0.29) is 0 Å². The Labute approximate surface area is 332 Å². The zero-order valence-corrected chi connectivity index (χ0v) is 31.6. The lowest BCUT2D eigenvalue weighted by Gasteiger charge is -2.37. The minimum atomic E-state index is 0.452. The lowest BCUT2D eigenvalue weighted by atomic mass is 9.74. The van der Waals surface area contributed by atoms with Crippen LogP contribution in [0.25, 0.3) is 71.7 Å². The number of hydrogen-bond acceptors (Lipinski definition) is 2. The van der Waals surface area contributed by atoms with Crippen molar-refractivity contribution in [3.05, 3.63) is 199 Å². The molecule has 3 nitrogen and oxygen atoms in total. The van der Waals surface area contributed by atoms with Gasteiger partial charge in [-0.15, -0.1) is 0 Å². The second-order valence-electron chi connectivity index (χ2n) is 16.0. The van der Waals surface area contributed by atoms with E-state index in [9.17, 15) is 0 Å². The Balaban J connectivity index is 0.909. The number of fused-ring (bicyclic) bond motifs is 9. The Bertz CT molecular complexity index is 3150. The summed E-state index contributed by atoms with van der Waals surface area (Å²) in [4.78, 5) is 2.66. The molecule has 3 unspecified atom stereocenters. The van der Waals surface area contributed by atoms with E-state index in [1.54, 1.807) is 0 Å². The number of furan rings is 1. The molecule has 3 heteroatoms. The first-order valence-corrected chi connectivity index (χ1v) is 20.3. The average Bonchev–Trinajstić information content (AvgIpc) is 3.94. The third-order valence-corrected chi connectivity index (χ3v) is 13.0. The first-order chi connectivity index (χ1) is 28.3. The van der Waals surface area contributed by atoms with Crippen LogP contribution >= 0.6 is 0 Å². The molecule has 1 saturated carbocycles. The zero-order valence-electron chi connectivity index (χ0n) is 31.6. The van der Waals surface area contributed by atoms with E-state index in [2.05, 4.69) is 191 Å². The molecule has 0 radical (unpaired) electrons. The largest absolute Gasteiger partial charge is 0.456 e. The second-order valence-corrected chi connectivity index (χ2v) is 16.0. The van der Waals surface area contributed by atoms with Gasteiger partial charge in [0.2, 0.25) is 0 Å². The van der Waals surface area contributed by atoms with Crippen LogP contribution in [0.3, 0.4) is 0 Å². The van der Waals surface area contributed by atoms with Crippen LogP contribution in [0, 0.1) is 0 Å². The molecule has 0 bridgehead atoms. The number of aromatic nitrogens is 1. The van der Waals surface area contributed by atoms with Gasteiger partial charge < -0.3 is 13.9 Å². The van der Waals surface area contributed by atoms with Gasteiger partial charge in [-0.3, -0.25) is 0 Å². The molecule has 1 aliphatic heterocycles. The fourth-order valence-corrected chi connectivity index (χ4v) is 10.4. The monoisotopic (exact) mass is 732 g/mol. The van der Waals surface area contributed by atoms with E-state index in [4.69, 9.17) is 4.42 Å². The van der Waals surface area contributed by atoms with Crippen LogP contribution in [-0.4, -0.2) is 10.6 Å². The molecule has 8 aromatic carbocycles.